The van der Waals surface area contributed by atoms with Crippen molar-refractivity contribution >= 4 is 12.0 Å². The Labute approximate surface area is 144 Å². The molecule has 134 valence electrons. The highest BCUT2D eigenvalue weighted by molar-refractivity contribution is 5.82. The molecule has 0 saturated heterocycles. The first kappa shape index (κ1) is 19.8. The summed E-state index contributed by atoms with van der Waals surface area (Å²) in [6.45, 7) is 8.35. The summed E-state index contributed by atoms with van der Waals surface area (Å²) in [5, 5.41) is 2.76. The number of amides is 2. The van der Waals surface area contributed by atoms with E-state index in [2.05, 4.69) is 5.32 Å². The smallest absolute Gasteiger partial charge is 0.410 e. The number of nitrogens with zero attached hydrogens (tertiary/aromatic N) is 1. The van der Waals surface area contributed by atoms with Crippen molar-refractivity contribution in [1.29, 1.82) is 0 Å². The zero-order chi connectivity index (χ0) is 18.2. The molecule has 0 atom stereocenters. The van der Waals surface area contributed by atoms with Crippen LogP contribution in [0.4, 0.5) is 4.79 Å². The summed E-state index contributed by atoms with van der Waals surface area (Å²) < 4.78 is 10.8. The largest absolute Gasteiger partial charge is 0.494 e. The molecule has 24 heavy (non-hydrogen) atoms. The van der Waals surface area contributed by atoms with Crippen molar-refractivity contribution in [3.63, 3.8) is 0 Å². The summed E-state index contributed by atoms with van der Waals surface area (Å²) >= 11 is 0. The van der Waals surface area contributed by atoms with E-state index in [4.69, 9.17) is 9.47 Å². The van der Waals surface area contributed by atoms with Crippen LogP contribution < -0.4 is 10.1 Å². The van der Waals surface area contributed by atoms with E-state index < -0.39 is 11.7 Å². The van der Waals surface area contributed by atoms with Crippen molar-refractivity contribution in [2.45, 2.75) is 39.7 Å². The van der Waals surface area contributed by atoms with Crippen LogP contribution in [0.3, 0.4) is 0 Å². The van der Waals surface area contributed by atoms with Crippen LogP contribution in [0.5, 0.6) is 5.75 Å². The van der Waals surface area contributed by atoms with Gasteiger partial charge in [-0.05, 0) is 46.2 Å². The molecule has 1 N–H and O–H groups in total. The summed E-state index contributed by atoms with van der Waals surface area (Å²) in [7, 11) is 1.54. The fraction of sp³-hybridized carbons (Fsp3) is 0.556. The number of likely N-dealkylation sites (N-methyl/N-ethyl adjacent to an activating group) is 1. The standard InChI is InChI=1S/C18H28N2O4/c1-14-7-9-15(10-8-14)23-12-6-11-19-16(21)13-20(5)17(22)24-18(2,3)4/h7-10H,6,11-13H2,1-5H3,(H,19,21). The Bertz CT molecular complexity index is 535. The molecule has 0 aliphatic heterocycles. The van der Waals surface area contributed by atoms with Crippen molar-refractivity contribution in [3.05, 3.63) is 29.8 Å². The molecule has 0 aliphatic carbocycles. The van der Waals surface area contributed by atoms with Gasteiger partial charge in [0.05, 0.1) is 6.61 Å². The van der Waals surface area contributed by atoms with Gasteiger partial charge in [-0.15, -0.1) is 0 Å². The lowest BCUT2D eigenvalue weighted by atomic mass is 10.2. The molecule has 6 nitrogen and oxygen atoms in total. The third-order valence-corrected chi connectivity index (χ3v) is 3.02. The quantitative estimate of drug-likeness (QED) is 0.778. The molecule has 0 fully saturated rings. The number of carbonyl (C=O) groups excluding carboxylic acids is 2. The van der Waals surface area contributed by atoms with E-state index in [1.807, 2.05) is 31.2 Å². The second-order valence-electron chi connectivity index (χ2n) is 6.70. The van der Waals surface area contributed by atoms with E-state index >= 15 is 0 Å². The number of carbonyl (C=O) groups is 2. The van der Waals surface area contributed by atoms with Crippen molar-refractivity contribution in [3.8, 4) is 5.75 Å². The number of aryl methyl sites for hydroxylation is 1. The number of hydrogen-bond acceptors (Lipinski definition) is 4. The van der Waals surface area contributed by atoms with Crippen LogP contribution in [0.25, 0.3) is 0 Å². The van der Waals surface area contributed by atoms with Gasteiger partial charge in [-0.25, -0.2) is 4.79 Å². The highest BCUT2D eigenvalue weighted by Crippen LogP contribution is 2.11. The van der Waals surface area contributed by atoms with Crippen LogP contribution in [-0.2, 0) is 9.53 Å². The van der Waals surface area contributed by atoms with Crippen LogP contribution in [-0.4, -0.2) is 49.2 Å². The lowest BCUT2D eigenvalue weighted by molar-refractivity contribution is -0.122. The highest BCUT2D eigenvalue weighted by atomic mass is 16.6. The molecule has 6 heteroatoms. The lowest BCUT2D eigenvalue weighted by Gasteiger charge is -2.24. The van der Waals surface area contributed by atoms with Gasteiger partial charge in [0.2, 0.25) is 5.91 Å². The number of ether oxygens (including phenoxy) is 2. The minimum Gasteiger partial charge on any atom is -0.494 e. The van der Waals surface area contributed by atoms with Crippen LogP contribution in [0, 0.1) is 6.92 Å². The molecule has 0 heterocycles. The first-order valence-electron chi connectivity index (χ1n) is 8.07. The molecular weight excluding hydrogens is 308 g/mol. The van der Waals surface area contributed by atoms with E-state index in [1.165, 1.54) is 17.5 Å². The Morgan fingerprint density at radius 2 is 1.79 bits per heavy atom. The van der Waals surface area contributed by atoms with E-state index in [1.54, 1.807) is 20.8 Å². The number of rotatable bonds is 7. The summed E-state index contributed by atoms with van der Waals surface area (Å²) in [5.74, 6) is 0.593. The first-order chi connectivity index (χ1) is 11.2. The Morgan fingerprint density at radius 1 is 1.17 bits per heavy atom. The number of hydrogen-bond donors (Lipinski definition) is 1. The molecule has 0 radical (unpaired) electrons. The summed E-state index contributed by atoms with van der Waals surface area (Å²) in [4.78, 5) is 24.8. The third kappa shape index (κ3) is 8.41. The molecule has 0 spiro atoms. The number of nitrogens with one attached hydrogen (secondary N) is 1. The minimum atomic E-state index is -0.574. The van der Waals surface area contributed by atoms with Crippen molar-refractivity contribution in [2.24, 2.45) is 0 Å². The minimum absolute atomic E-state index is 0.0340. The van der Waals surface area contributed by atoms with Crippen LogP contribution in [0.2, 0.25) is 0 Å². The third-order valence-electron chi connectivity index (χ3n) is 3.02. The second-order valence-corrected chi connectivity index (χ2v) is 6.70. The molecular formula is C18H28N2O4. The van der Waals surface area contributed by atoms with Crippen molar-refractivity contribution in [1.82, 2.24) is 10.2 Å². The predicted molar refractivity (Wildman–Crippen MR) is 93.2 cm³/mol. The maximum absolute atomic E-state index is 11.8. The number of benzene rings is 1. The first-order valence-corrected chi connectivity index (χ1v) is 8.07. The van der Waals surface area contributed by atoms with E-state index in [9.17, 15) is 9.59 Å². The SMILES string of the molecule is Cc1ccc(OCCCNC(=O)CN(C)C(=O)OC(C)(C)C)cc1. The zero-order valence-electron chi connectivity index (χ0n) is 15.2. The van der Waals surface area contributed by atoms with Crippen LogP contribution in [0.15, 0.2) is 24.3 Å². The summed E-state index contributed by atoms with van der Waals surface area (Å²) in [6, 6.07) is 7.82. The highest BCUT2D eigenvalue weighted by Gasteiger charge is 2.20. The molecule has 0 aliphatic rings. The van der Waals surface area contributed by atoms with Gasteiger partial charge < -0.3 is 19.7 Å². The normalized spacial score (nSPS) is 10.9. The zero-order valence-corrected chi connectivity index (χ0v) is 15.2. The molecule has 0 saturated carbocycles. The molecule has 1 aromatic rings. The van der Waals surface area contributed by atoms with Gasteiger partial charge in [-0.1, -0.05) is 17.7 Å². The van der Waals surface area contributed by atoms with Gasteiger partial charge in [-0.2, -0.15) is 0 Å². The maximum Gasteiger partial charge on any atom is 0.410 e. The van der Waals surface area contributed by atoms with Gasteiger partial charge >= 0.3 is 6.09 Å². The van der Waals surface area contributed by atoms with Crippen LogP contribution in [0.1, 0.15) is 32.8 Å². The topological polar surface area (TPSA) is 67.9 Å². The van der Waals surface area contributed by atoms with E-state index in [0.29, 0.717) is 19.6 Å². The molecule has 0 aromatic heterocycles. The summed E-state index contributed by atoms with van der Waals surface area (Å²) in [6.07, 6.45) is 0.177. The van der Waals surface area contributed by atoms with Gasteiger partial charge in [0.1, 0.15) is 17.9 Å². The molecule has 2 amide bonds. The molecule has 0 unspecified atom stereocenters. The molecule has 0 bridgehead atoms. The predicted octanol–water partition coefficient (Wildman–Crippen LogP) is 2.75. The second kappa shape index (κ2) is 9.15. The van der Waals surface area contributed by atoms with Gasteiger partial charge in [0, 0.05) is 13.6 Å². The summed E-state index contributed by atoms with van der Waals surface area (Å²) in [5.41, 5.74) is 0.610. The Balaban J connectivity index is 2.17. The molecule has 1 aromatic carbocycles. The van der Waals surface area contributed by atoms with Crippen molar-refractivity contribution < 1.29 is 19.1 Å². The maximum atomic E-state index is 11.8. The van der Waals surface area contributed by atoms with E-state index in [-0.39, 0.29) is 12.5 Å². The van der Waals surface area contributed by atoms with Gasteiger partial charge in [0.15, 0.2) is 0 Å². The Morgan fingerprint density at radius 3 is 2.38 bits per heavy atom. The van der Waals surface area contributed by atoms with E-state index in [0.717, 1.165) is 5.75 Å². The van der Waals surface area contributed by atoms with Gasteiger partial charge in [-0.3, -0.25) is 4.79 Å². The average Bonchev–Trinajstić information content (AvgIpc) is 2.47. The monoisotopic (exact) mass is 336 g/mol. The average molecular weight is 336 g/mol. The molecule has 1 rings (SSSR count). The van der Waals surface area contributed by atoms with Crippen molar-refractivity contribution in [2.75, 3.05) is 26.7 Å². The Hall–Kier alpha value is -2.24. The van der Waals surface area contributed by atoms with Crippen LogP contribution >= 0.6 is 0 Å². The fourth-order valence-electron chi connectivity index (χ4n) is 1.80. The van der Waals surface area contributed by atoms with Gasteiger partial charge in [0.25, 0.3) is 0 Å². The fourth-order valence-corrected chi connectivity index (χ4v) is 1.80. The Kier molecular flexibility index (Phi) is 7.55. The lowest BCUT2D eigenvalue weighted by Crippen LogP contribution is -2.41.